The van der Waals surface area contributed by atoms with Crippen molar-refractivity contribution in [3.05, 3.63) is 29.8 Å². The minimum absolute atomic E-state index is 0.0328. The van der Waals surface area contributed by atoms with Gasteiger partial charge in [-0.3, -0.25) is 4.79 Å². The molecule has 1 N–H and O–H groups in total. The van der Waals surface area contributed by atoms with Gasteiger partial charge in [0.1, 0.15) is 5.75 Å². The van der Waals surface area contributed by atoms with Crippen molar-refractivity contribution in [1.29, 1.82) is 0 Å². The van der Waals surface area contributed by atoms with Gasteiger partial charge < -0.3 is 14.7 Å². The molecule has 0 saturated carbocycles. The average Bonchev–Trinajstić information content (AvgIpc) is 2.29. The van der Waals surface area contributed by atoms with Gasteiger partial charge in [-0.1, -0.05) is 18.2 Å². The molecule has 1 rings (SSSR count). The van der Waals surface area contributed by atoms with Crippen LogP contribution in [0.25, 0.3) is 0 Å². The number of para-hydroxylation sites is 1. The number of benzene rings is 1. The van der Waals surface area contributed by atoms with Gasteiger partial charge in [0.05, 0.1) is 0 Å². The number of alkyl halides is 3. The lowest BCUT2D eigenvalue weighted by Gasteiger charge is -2.19. The minimum atomic E-state index is -4.72. The van der Waals surface area contributed by atoms with Gasteiger partial charge in [-0.2, -0.15) is 0 Å². The van der Waals surface area contributed by atoms with Crippen molar-refractivity contribution >= 4 is 5.97 Å². The Kier molecular flexibility index (Phi) is 5.82. The summed E-state index contributed by atoms with van der Waals surface area (Å²) in [7, 11) is 1.71. The van der Waals surface area contributed by atoms with Gasteiger partial charge in [0, 0.05) is 18.5 Å². The molecule has 0 spiro atoms. The Morgan fingerprint density at radius 1 is 1.35 bits per heavy atom. The monoisotopic (exact) mass is 291 g/mol. The molecule has 0 atom stereocenters. The van der Waals surface area contributed by atoms with Crippen molar-refractivity contribution in [3.63, 3.8) is 0 Å². The predicted molar refractivity (Wildman–Crippen MR) is 66.3 cm³/mol. The molecule has 0 aromatic heterocycles. The highest BCUT2D eigenvalue weighted by Crippen LogP contribution is 2.26. The largest absolute Gasteiger partial charge is 0.573 e. The first-order valence-corrected chi connectivity index (χ1v) is 6.02. The van der Waals surface area contributed by atoms with E-state index in [2.05, 4.69) is 4.74 Å². The number of rotatable bonds is 7. The average molecular weight is 291 g/mol. The molecule has 0 aliphatic heterocycles. The first kappa shape index (κ1) is 16.3. The van der Waals surface area contributed by atoms with E-state index >= 15 is 0 Å². The standard InChI is InChI=1S/C13H16F3NO3/c1-17(8-4-7-12(18)19)9-10-5-2-3-6-11(10)20-13(14,15)16/h2-3,5-6H,4,7-9H2,1H3,(H,18,19). The number of hydrogen-bond acceptors (Lipinski definition) is 3. The molecule has 7 heteroatoms. The van der Waals surface area contributed by atoms with E-state index in [1.807, 2.05) is 0 Å². The first-order valence-electron chi connectivity index (χ1n) is 6.02. The third kappa shape index (κ3) is 6.42. The lowest BCUT2D eigenvalue weighted by atomic mass is 10.2. The molecular weight excluding hydrogens is 275 g/mol. The molecule has 0 fully saturated rings. The van der Waals surface area contributed by atoms with E-state index in [1.165, 1.54) is 12.1 Å². The van der Waals surface area contributed by atoms with Crippen LogP contribution in [0, 0.1) is 0 Å². The van der Waals surface area contributed by atoms with Crippen LogP contribution in [0.1, 0.15) is 18.4 Å². The topological polar surface area (TPSA) is 49.8 Å². The molecule has 0 bridgehead atoms. The quantitative estimate of drug-likeness (QED) is 0.839. The fraction of sp³-hybridized carbons (Fsp3) is 0.462. The van der Waals surface area contributed by atoms with Gasteiger partial charge in [0.25, 0.3) is 0 Å². The van der Waals surface area contributed by atoms with E-state index in [0.717, 1.165) is 0 Å². The molecule has 1 aromatic carbocycles. The smallest absolute Gasteiger partial charge is 0.481 e. The van der Waals surface area contributed by atoms with Crippen LogP contribution >= 0.6 is 0 Å². The van der Waals surface area contributed by atoms with Gasteiger partial charge in [-0.05, 0) is 26.1 Å². The molecule has 0 aliphatic carbocycles. The normalized spacial score (nSPS) is 11.7. The van der Waals surface area contributed by atoms with Gasteiger partial charge in [0.15, 0.2) is 0 Å². The third-order valence-corrected chi connectivity index (χ3v) is 2.57. The van der Waals surface area contributed by atoms with Crippen LogP contribution in [-0.2, 0) is 11.3 Å². The summed E-state index contributed by atoms with van der Waals surface area (Å²) in [5, 5.41) is 8.52. The zero-order chi connectivity index (χ0) is 15.2. The van der Waals surface area contributed by atoms with Crippen molar-refractivity contribution in [2.24, 2.45) is 0 Å². The SMILES string of the molecule is CN(CCCC(=O)O)Cc1ccccc1OC(F)(F)F. The number of aliphatic carboxylic acids is 1. The summed E-state index contributed by atoms with van der Waals surface area (Å²) in [5.41, 5.74) is 0.405. The number of carboxylic acids is 1. The highest BCUT2D eigenvalue weighted by Gasteiger charge is 2.32. The Morgan fingerprint density at radius 3 is 2.60 bits per heavy atom. The summed E-state index contributed by atoms with van der Waals surface area (Å²) < 4.78 is 40.7. The van der Waals surface area contributed by atoms with Gasteiger partial charge in [0.2, 0.25) is 0 Å². The summed E-state index contributed by atoms with van der Waals surface area (Å²) in [6.45, 7) is 0.735. The van der Waals surface area contributed by atoms with E-state index < -0.39 is 12.3 Å². The molecule has 0 saturated heterocycles. The van der Waals surface area contributed by atoms with Crippen molar-refractivity contribution in [1.82, 2.24) is 4.90 Å². The van der Waals surface area contributed by atoms with Gasteiger partial charge in [-0.15, -0.1) is 13.2 Å². The van der Waals surface area contributed by atoms with E-state index in [9.17, 15) is 18.0 Å². The van der Waals surface area contributed by atoms with Crippen molar-refractivity contribution in [2.45, 2.75) is 25.7 Å². The molecule has 0 amide bonds. The fourth-order valence-electron chi connectivity index (χ4n) is 1.73. The number of carbonyl (C=O) groups is 1. The summed E-state index contributed by atoms with van der Waals surface area (Å²) in [4.78, 5) is 12.1. The number of carboxylic acid groups (broad SMARTS) is 1. The molecule has 112 valence electrons. The molecule has 0 radical (unpaired) electrons. The van der Waals surface area contributed by atoms with Crippen LogP contribution in [-0.4, -0.2) is 35.9 Å². The molecule has 0 heterocycles. The molecular formula is C13H16F3NO3. The summed E-state index contributed by atoms with van der Waals surface area (Å²) in [6.07, 6.45) is -4.25. The lowest BCUT2D eigenvalue weighted by molar-refractivity contribution is -0.275. The van der Waals surface area contributed by atoms with E-state index in [1.54, 1.807) is 24.1 Å². The molecule has 0 unspecified atom stereocenters. The Hall–Kier alpha value is -1.76. The van der Waals surface area contributed by atoms with Crippen LogP contribution in [0.4, 0.5) is 13.2 Å². The highest BCUT2D eigenvalue weighted by molar-refractivity contribution is 5.66. The third-order valence-electron chi connectivity index (χ3n) is 2.57. The van der Waals surface area contributed by atoms with Crippen molar-refractivity contribution in [3.8, 4) is 5.75 Å². The maximum Gasteiger partial charge on any atom is 0.573 e. The second-order valence-corrected chi connectivity index (χ2v) is 4.39. The van der Waals surface area contributed by atoms with Crippen LogP contribution in [0.2, 0.25) is 0 Å². The Morgan fingerprint density at radius 2 is 2.00 bits per heavy atom. The van der Waals surface area contributed by atoms with Crippen molar-refractivity contribution < 1.29 is 27.8 Å². The zero-order valence-corrected chi connectivity index (χ0v) is 11.0. The van der Waals surface area contributed by atoms with Crippen molar-refractivity contribution in [2.75, 3.05) is 13.6 Å². The predicted octanol–water partition coefficient (Wildman–Crippen LogP) is 2.88. The van der Waals surface area contributed by atoms with Gasteiger partial charge in [-0.25, -0.2) is 0 Å². The molecule has 4 nitrogen and oxygen atoms in total. The van der Waals surface area contributed by atoms with Gasteiger partial charge >= 0.3 is 12.3 Å². The van der Waals surface area contributed by atoms with Crippen LogP contribution in [0.3, 0.4) is 0 Å². The van der Waals surface area contributed by atoms with Crippen LogP contribution in [0.5, 0.6) is 5.75 Å². The molecule has 20 heavy (non-hydrogen) atoms. The minimum Gasteiger partial charge on any atom is -0.481 e. The first-order chi connectivity index (χ1) is 9.28. The summed E-state index contributed by atoms with van der Waals surface area (Å²) in [6, 6.07) is 5.90. The second kappa shape index (κ2) is 7.14. The van der Waals surface area contributed by atoms with E-state index in [-0.39, 0.29) is 18.7 Å². The Bertz CT molecular complexity index is 449. The highest BCUT2D eigenvalue weighted by atomic mass is 19.4. The van der Waals surface area contributed by atoms with Crippen LogP contribution < -0.4 is 4.74 Å². The number of nitrogens with zero attached hydrogens (tertiary/aromatic N) is 1. The maximum atomic E-state index is 12.2. The molecule has 0 aliphatic rings. The molecule has 1 aromatic rings. The van der Waals surface area contributed by atoms with E-state index in [0.29, 0.717) is 18.5 Å². The van der Waals surface area contributed by atoms with Crippen LogP contribution in [0.15, 0.2) is 24.3 Å². The Labute approximate surface area is 114 Å². The number of hydrogen-bond donors (Lipinski definition) is 1. The number of ether oxygens (including phenoxy) is 1. The van der Waals surface area contributed by atoms with E-state index in [4.69, 9.17) is 5.11 Å². The number of halogens is 3. The lowest BCUT2D eigenvalue weighted by Crippen LogP contribution is -2.22. The zero-order valence-electron chi connectivity index (χ0n) is 11.0. The Balaban J connectivity index is 2.60. The maximum absolute atomic E-state index is 12.2. The second-order valence-electron chi connectivity index (χ2n) is 4.39. The summed E-state index contributed by atoms with van der Waals surface area (Å²) >= 11 is 0. The summed E-state index contributed by atoms with van der Waals surface area (Å²) in [5.74, 6) is -1.12. The fourth-order valence-corrected chi connectivity index (χ4v) is 1.73.